The van der Waals surface area contributed by atoms with Gasteiger partial charge in [-0.2, -0.15) is 5.10 Å². The Morgan fingerprint density at radius 1 is 0.917 bits per heavy atom. The van der Waals surface area contributed by atoms with Crippen molar-refractivity contribution in [3.63, 3.8) is 0 Å². The smallest absolute Gasteiger partial charge is 0.287 e. The predicted octanol–water partition coefficient (Wildman–Crippen LogP) is 4.25. The molecule has 9 nitrogen and oxygen atoms in total. The normalized spacial score (nSPS) is 11.4. The molecule has 0 unspecified atom stereocenters. The number of nitrogens with zero attached hydrogens (tertiary/aromatic N) is 3. The van der Waals surface area contributed by atoms with E-state index in [0.717, 1.165) is 16.8 Å². The van der Waals surface area contributed by atoms with Crippen molar-refractivity contribution in [2.45, 2.75) is 0 Å². The molecule has 0 aliphatic heterocycles. The van der Waals surface area contributed by atoms with Crippen molar-refractivity contribution in [1.82, 2.24) is 10.7 Å². The quantitative estimate of drug-likeness (QED) is 0.204. The van der Waals surface area contributed by atoms with Gasteiger partial charge in [0.2, 0.25) is 0 Å². The predicted molar refractivity (Wildman–Crippen MR) is 141 cm³/mol. The third-order valence-electron chi connectivity index (χ3n) is 4.97. The molecule has 3 rings (SSSR count). The van der Waals surface area contributed by atoms with E-state index in [1.54, 1.807) is 60.7 Å². The second-order valence-electron chi connectivity index (χ2n) is 7.79. The highest BCUT2D eigenvalue weighted by Crippen LogP contribution is 2.15. The molecule has 0 atom stereocenters. The highest BCUT2D eigenvalue weighted by atomic mass is 16.6. The molecule has 0 aromatic heterocycles. The standard InChI is InChI=1S/C27H25N5O4/c1-31(2)23-14-12-21(13-15-23)19-25(29-26(33)22-8-4-3-5-9-22)27(34)30-28-18-6-7-20-10-16-24(17-11-20)32(35)36/h3-19H,1-2H3,(H,29,33)(H,30,34)/b7-6+,25-19-,28-18+. The lowest BCUT2D eigenvalue weighted by atomic mass is 10.1. The first-order valence-corrected chi connectivity index (χ1v) is 10.9. The van der Waals surface area contributed by atoms with Crippen LogP contribution in [0.2, 0.25) is 0 Å². The van der Waals surface area contributed by atoms with Gasteiger partial charge in [-0.05, 0) is 59.7 Å². The number of allylic oxidation sites excluding steroid dienone is 1. The summed E-state index contributed by atoms with van der Waals surface area (Å²) in [5, 5.41) is 17.3. The second-order valence-corrected chi connectivity index (χ2v) is 7.79. The first-order valence-electron chi connectivity index (χ1n) is 10.9. The van der Waals surface area contributed by atoms with Crippen LogP contribution in [0, 0.1) is 10.1 Å². The largest absolute Gasteiger partial charge is 0.378 e. The third kappa shape index (κ3) is 7.49. The Kier molecular flexibility index (Phi) is 8.82. The molecule has 0 fully saturated rings. The lowest BCUT2D eigenvalue weighted by molar-refractivity contribution is -0.384. The van der Waals surface area contributed by atoms with Gasteiger partial charge in [0.25, 0.3) is 17.5 Å². The van der Waals surface area contributed by atoms with Crippen LogP contribution in [0.5, 0.6) is 0 Å². The van der Waals surface area contributed by atoms with E-state index in [1.165, 1.54) is 18.3 Å². The molecule has 0 saturated heterocycles. The summed E-state index contributed by atoms with van der Waals surface area (Å²) in [6, 6.07) is 22.1. The van der Waals surface area contributed by atoms with Crippen LogP contribution >= 0.6 is 0 Å². The van der Waals surface area contributed by atoms with E-state index in [9.17, 15) is 19.7 Å². The minimum atomic E-state index is -0.601. The van der Waals surface area contributed by atoms with Crippen molar-refractivity contribution in [2.75, 3.05) is 19.0 Å². The summed E-state index contributed by atoms with van der Waals surface area (Å²) in [7, 11) is 3.86. The van der Waals surface area contributed by atoms with Gasteiger partial charge in [-0.15, -0.1) is 0 Å². The maximum Gasteiger partial charge on any atom is 0.287 e. The molecule has 3 aromatic rings. The molecule has 182 valence electrons. The number of anilines is 1. The number of carbonyl (C=O) groups excluding carboxylic acids is 2. The average molecular weight is 484 g/mol. The zero-order chi connectivity index (χ0) is 25.9. The van der Waals surface area contributed by atoms with E-state index in [0.29, 0.717) is 5.56 Å². The summed E-state index contributed by atoms with van der Waals surface area (Å²) in [5.41, 5.74) is 5.29. The number of hydrogen-bond acceptors (Lipinski definition) is 6. The van der Waals surface area contributed by atoms with Crippen LogP contribution < -0.4 is 15.6 Å². The van der Waals surface area contributed by atoms with Gasteiger partial charge in [0, 0.05) is 43.7 Å². The number of hydrazone groups is 1. The maximum absolute atomic E-state index is 12.8. The van der Waals surface area contributed by atoms with Crippen LogP contribution in [0.4, 0.5) is 11.4 Å². The summed E-state index contributed by atoms with van der Waals surface area (Å²) >= 11 is 0. The Hall–Kier alpha value is -5.05. The summed E-state index contributed by atoms with van der Waals surface area (Å²) in [5.74, 6) is -1.03. The van der Waals surface area contributed by atoms with E-state index in [4.69, 9.17) is 0 Å². The number of rotatable bonds is 9. The summed E-state index contributed by atoms with van der Waals surface area (Å²) in [4.78, 5) is 37.7. The Morgan fingerprint density at radius 3 is 2.17 bits per heavy atom. The Bertz CT molecular complexity index is 1300. The summed E-state index contributed by atoms with van der Waals surface area (Å²) in [6.45, 7) is 0. The molecule has 2 N–H and O–H groups in total. The van der Waals surface area contributed by atoms with E-state index in [1.807, 2.05) is 43.3 Å². The fourth-order valence-corrected chi connectivity index (χ4v) is 3.04. The molecule has 2 amide bonds. The fraction of sp³-hybridized carbons (Fsp3) is 0.0741. The SMILES string of the molecule is CN(C)c1ccc(/C=C(\NC(=O)c2ccccc2)C(=O)N/N=C/C=C/c2ccc([N+](=O)[O-])cc2)cc1. The van der Waals surface area contributed by atoms with Gasteiger partial charge >= 0.3 is 0 Å². The minimum absolute atomic E-state index is 0.00120. The van der Waals surface area contributed by atoms with Gasteiger partial charge < -0.3 is 10.2 Å². The fourth-order valence-electron chi connectivity index (χ4n) is 3.04. The first-order chi connectivity index (χ1) is 17.3. The van der Waals surface area contributed by atoms with Crippen LogP contribution in [-0.4, -0.2) is 37.0 Å². The average Bonchev–Trinajstić information content (AvgIpc) is 2.89. The zero-order valence-corrected chi connectivity index (χ0v) is 19.8. The number of benzene rings is 3. The highest BCUT2D eigenvalue weighted by molar-refractivity contribution is 6.05. The third-order valence-corrected chi connectivity index (χ3v) is 4.97. The number of nitrogens with one attached hydrogen (secondary N) is 2. The Balaban J connectivity index is 1.72. The summed E-state index contributed by atoms with van der Waals surface area (Å²) in [6.07, 6.45) is 6.19. The Morgan fingerprint density at radius 2 is 1.56 bits per heavy atom. The number of carbonyl (C=O) groups is 2. The van der Waals surface area contributed by atoms with Crippen molar-refractivity contribution in [3.8, 4) is 0 Å². The highest BCUT2D eigenvalue weighted by Gasteiger charge is 2.14. The van der Waals surface area contributed by atoms with Gasteiger partial charge in [-0.1, -0.05) is 36.4 Å². The van der Waals surface area contributed by atoms with Crippen LogP contribution in [0.1, 0.15) is 21.5 Å². The molecule has 0 bridgehead atoms. The topological polar surface area (TPSA) is 117 Å². The molecule has 9 heteroatoms. The van der Waals surface area contributed by atoms with Gasteiger partial charge in [0.1, 0.15) is 5.70 Å². The van der Waals surface area contributed by atoms with Gasteiger partial charge in [-0.3, -0.25) is 19.7 Å². The molecular weight excluding hydrogens is 458 g/mol. The van der Waals surface area contributed by atoms with Crippen LogP contribution in [0.3, 0.4) is 0 Å². The molecule has 0 saturated carbocycles. The van der Waals surface area contributed by atoms with E-state index in [2.05, 4.69) is 15.8 Å². The van der Waals surface area contributed by atoms with Gasteiger partial charge in [-0.25, -0.2) is 5.43 Å². The molecular formula is C27H25N5O4. The van der Waals surface area contributed by atoms with Crippen molar-refractivity contribution in [2.24, 2.45) is 5.10 Å². The van der Waals surface area contributed by atoms with Crippen molar-refractivity contribution in [1.29, 1.82) is 0 Å². The molecule has 0 heterocycles. The van der Waals surface area contributed by atoms with Crippen molar-refractivity contribution >= 4 is 41.6 Å². The number of non-ortho nitro benzene ring substituents is 1. The van der Waals surface area contributed by atoms with Crippen LogP contribution in [-0.2, 0) is 4.79 Å². The van der Waals surface area contributed by atoms with Crippen LogP contribution in [0.25, 0.3) is 12.2 Å². The molecule has 0 aliphatic rings. The number of hydrogen-bond donors (Lipinski definition) is 2. The van der Waals surface area contributed by atoms with Gasteiger partial charge in [0.05, 0.1) is 4.92 Å². The minimum Gasteiger partial charge on any atom is -0.378 e. The monoisotopic (exact) mass is 483 g/mol. The van der Waals surface area contributed by atoms with Crippen molar-refractivity contribution in [3.05, 3.63) is 117 Å². The van der Waals surface area contributed by atoms with E-state index >= 15 is 0 Å². The van der Waals surface area contributed by atoms with E-state index < -0.39 is 16.7 Å². The van der Waals surface area contributed by atoms with Gasteiger partial charge in [0.15, 0.2) is 0 Å². The first kappa shape index (κ1) is 25.6. The number of nitro groups is 1. The number of nitro benzene ring substituents is 1. The zero-order valence-electron chi connectivity index (χ0n) is 19.8. The maximum atomic E-state index is 12.8. The second kappa shape index (κ2) is 12.4. The molecule has 36 heavy (non-hydrogen) atoms. The van der Waals surface area contributed by atoms with E-state index in [-0.39, 0.29) is 11.4 Å². The summed E-state index contributed by atoms with van der Waals surface area (Å²) < 4.78 is 0. The molecule has 0 radical (unpaired) electrons. The Labute approximate surface area is 208 Å². The molecule has 0 spiro atoms. The number of amides is 2. The molecule has 3 aromatic carbocycles. The molecule has 0 aliphatic carbocycles. The van der Waals surface area contributed by atoms with Crippen LogP contribution in [0.15, 0.2) is 95.7 Å². The lowest BCUT2D eigenvalue weighted by Gasteiger charge is -2.12. The lowest BCUT2D eigenvalue weighted by Crippen LogP contribution is -2.32. The van der Waals surface area contributed by atoms with Crippen molar-refractivity contribution < 1.29 is 14.5 Å².